The summed E-state index contributed by atoms with van der Waals surface area (Å²) in [4.78, 5) is 41.1. The molecular weight excluding hydrogens is 512 g/mol. The highest BCUT2D eigenvalue weighted by atomic mass is 32.2. The van der Waals surface area contributed by atoms with Gasteiger partial charge in [0.25, 0.3) is 11.7 Å². The molecule has 14 heteroatoms. The number of nitrogens with one attached hydrogen (secondary N) is 2. The number of piperazine rings is 1. The summed E-state index contributed by atoms with van der Waals surface area (Å²) in [5.41, 5.74) is 1.41. The number of nitrogens with zero attached hydrogens (tertiary/aromatic N) is 5. The third-order valence-electron chi connectivity index (χ3n) is 5.81. The number of hydrogen-bond donors (Lipinski definition) is 2. The first kappa shape index (κ1) is 24.4. The lowest BCUT2D eigenvalue weighted by atomic mass is 10.1. The zero-order valence-electron chi connectivity index (χ0n) is 19.0. The van der Waals surface area contributed by atoms with Gasteiger partial charge in [0.2, 0.25) is 5.95 Å². The molecule has 2 amide bonds. The predicted octanol–water partition coefficient (Wildman–Crippen LogP) is 3.59. The fourth-order valence-corrected chi connectivity index (χ4v) is 5.41. The molecule has 0 saturated carbocycles. The van der Waals surface area contributed by atoms with E-state index in [0.29, 0.717) is 67.5 Å². The van der Waals surface area contributed by atoms with Crippen molar-refractivity contribution in [2.24, 2.45) is 0 Å². The van der Waals surface area contributed by atoms with Crippen molar-refractivity contribution in [3.63, 3.8) is 0 Å². The van der Waals surface area contributed by atoms with E-state index in [1.54, 1.807) is 15.9 Å². The van der Waals surface area contributed by atoms with Gasteiger partial charge in [-0.3, -0.25) is 9.69 Å². The van der Waals surface area contributed by atoms with Crippen LogP contribution in [-0.2, 0) is 4.74 Å². The first-order chi connectivity index (χ1) is 17.5. The van der Waals surface area contributed by atoms with Crippen molar-refractivity contribution < 1.29 is 23.1 Å². The Bertz CT molecular complexity index is 1240. The largest absolute Gasteiger partial charge is 0.447 e. The van der Waals surface area contributed by atoms with Crippen LogP contribution in [0.2, 0.25) is 0 Å². The van der Waals surface area contributed by atoms with Gasteiger partial charge in [0.15, 0.2) is 5.13 Å². The van der Waals surface area contributed by atoms with Crippen LogP contribution < -0.4 is 10.6 Å². The summed E-state index contributed by atoms with van der Waals surface area (Å²) >= 11 is 1.89. The molecule has 5 rings (SSSR count). The summed E-state index contributed by atoms with van der Waals surface area (Å²) in [5, 5.41) is 7.10. The van der Waals surface area contributed by atoms with E-state index in [1.165, 1.54) is 23.7 Å². The Morgan fingerprint density at radius 2 is 2.03 bits per heavy atom. The number of hydrogen-bond acceptors (Lipinski definition) is 10. The summed E-state index contributed by atoms with van der Waals surface area (Å²) in [6.07, 6.45) is 3.20. The van der Waals surface area contributed by atoms with Crippen LogP contribution in [0.4, 0.5) is 24.7 Å². The highest BCUT2D eigenvalue weighted by Gasteiger charge is 2.38. The van der Waals surface area contributed by atoms with Gasteiger partial charge in [0, 0.05) is 55.6 Å². The average Bonchev–Trinajstić information content (AvgIpc) is 3.46. The van der Waals surface area contributed by atoms with Gasteiger partial charge >= 0.3 is 6.09 Å². The number of carbonyl (C=O) groups is 2. The minimum Gasteiger partial charge on any atom is -0.447 e. The van der Waals surface area contributed by atoms with Gasteiger partial charge in [-0.05, 0) is 24.6 Å². The molecule has 10 nitrogen and oxygen atoms in total. The lowest BCUT2D eigenvalue weighted by Gasteiger charge is -2.35. The minimum atomic E-state index is -2.50. The standard InChI is InChI=1S/C22H23F2N7O3S2/c23-19(24)35-15-9-27-20(28-10-15)25-4-1-5-26-21-29-16-3-2-13(8-17(16)36-21)18(32)30-6-7-31-14(11-30)12-34-22(31)33/h2-3,8-10,14,19H,1,4-7,11-12H2,(H,26,29)(H,25,27,28). The Hall–Kier alpha value is -3.26. The third kappa shape index (κ3) is 5.59. The molecule has 36 heavy (non-hydrogen) atoms. The normalized spacial score (nSPS) is 17.4. The van der Waals surface area contributed by atoms with Gasteiger partial charge in [0.1, 0.15) is 6.61 Å². The molecule has 3 aromatic rings. The highest BCUT2D eigenvalue weighted by Crippen LogP contribution is 2.28. The van der Waals surface area contributed by atoms with Gasteiger partial charge < -0.3 is 20.3 Å². The SMILES string of the molecule is O=C(c1ccc2nc(NCCCNc3ncc(SC(F)F)cn3)sc2c1)N1CCN2C(=O)OCC2C1. The van der Waals surface area contributed by atoms with E-state index >= 15 is 0 Å². The quantitative estimate of drug-likeness (QED) is 0.314. The number of benzene rings is 1. The molecule has 2 aliphatic heterocycles. The molecule has 0 spiro atoms. The number of cyclic esters (lactones) is 1. The maximum absolute atomic E-state index is 13.0. The van der Waals surface area contributed by atoms with Crippen LogP contribution in [0, 0.1) is 0 Å². The number of fused-ring (bicyclic) bond motifs is 2. The Morgan fingerprint density at radius 1 is 1.22 bits per heavy atom. The van der Waals surface area contributed by atoms with Crippen molar-refractivity contribution in [2.75, 3.05) is 50.0 Å². The summed E-state index contributed by atoms with van der Waals surface area (Å²) < 4.78 is 30.7. The molecule has 0 bridgehead atoms. The summed E-state index contributed by atoms with van der Waals surface area (Å²) in [7, 11) is 0. The highest BCUT2D eigenvalue weighted by molar-refractivity contribution is 7.99. The van der Waals surface area contributed by atoms with E-state index in [-0.39, 0.29) is 18.0 Å². The van der Waals surface area contributed by atoms with E-state index in [0.717, 1.165) is 21.8 Å². The second-order valence-corrected chi connectivity index (χ2v) is 10.3. The Balaban J connectivity index is 1.10. The predicted molar refractivity (Wildman–Crippen MR) is 133 cm³/mol. The number of anilines is 2. The number of thiazole rings is 1. The number of aromatic nitrogens is 3. The van der Waals surface area contributed by atoms with Crippen molar-refractivity contribution >= 4 is 56.4 Å². The second-order valence-electron chi connectivity index (χ2n) is 8.20. The first-order valence-corrected chi connectivity index (χ1v) is 13.0. The molecule has 2 N–H and O–H groups in total. The van der Waals surface area contributed by atoms with Gasteiger partial charge in [-0.25, -0.2) is 19.7 Å². The molecule has 190 valence electrons. The molecule has 2 aromatic heterocycles. The van der Waals surface area contributed by atoms with E-state index < -0.39 is 5.76 Å². The Morgan fingerprint density at radius 3 is 2.83 bits per heavy atom. The fourth-order valence-electron chi connectivity index (χ4n) is 4.04. The Labute approximate surface area is 213 Å². The molecule has 2 fully saturated rings. The number of thioether (sulfide) groups is 1. The zero-order valence-corrected chi connectivity index (χ0v) is 20.7. The molecule has 2 saturated heterocycles. The van der Waals surface area contributed by atoms with E-state index in [4.69, 9.17) is 4.74 Å². The number of ether oxygens (including phenoxy) is 1. The maximum Gasteiger partial charge on any atom is 0.410 e. The van der Waals surface area contributed by atoms with Crippen LogP contribution in [0.5, 0.6) is 0 Å². The molecule has 0 radical (unpaired) electrons. The van der Waals surface area contributed by atoms with Crippen LogP contribution >= 0.6 is 23.1 Å². The third-order valence-corrected chi connectivity index (χ3v) is 7.44. The van der Waals surface area contributed by atoms with Crippen molar-refractivity contribution in [2.45, 2.75) is 23.1 Å². The monoisotopic (exact) mass is 535 g/mol. The van der Waals surface area contributed by atoms with Gasteiger partial charge in [-0.15, -0.1) is 0 Å². The summed E-state index contributed by atoms with van der Waals surface area (Å²) in [6, 6.07) is 5.41. The van der Waals surface area contributed by atoms with E-state index in [2.05, 4.69) is 25.6 Å². The van der Waals surface area contributed by atoms with Gasteiger partial charge in [0.05, 0.1) is 16.3 Å². The fraction of sp³-hybridized carbons (Fsp3) is 0.409. The minimum absolute atomic E-state index is 0.0621. The number of amides is 2. The van der Waals surface area contributed by atoms with E-state index in [9.17, 15) is 18.4 Å². The van der Waals surface area contributed by atoms with Crippen molar-refractivity contribution in [3.05, 3.63) is 36.2 Å². The van der Waals surface area contributed by atoms with Gasteiger partial charge in [-0.1, -0.05) is 23.1 Å². The number of rotatable bonds is 9. The molecule has 2 aliphatic rings. The number of halogens is 2. The van der Waals surface area contributed by atoms with Crippen LogP contribution in [0.25, 0.3) is 10.2 Å². The lowest BCUT2D eigenvalue weighted by Crippen LogP contribution is -2.53. The van der Waals surface area contributed by atoms with Crippen molar-refractivity contribution in [1.82, 2.24) is 24.8 Å². The summed E-state index contributed by atoms with van der Waals surface area (Å²) in [5.74, 6) is -2.17. The van der Waals surface area contributed by atoms with E-state index in [1.807, 2.05) is 12.1 Å². The number of alkyl halides is 2. The van der Waals surface area contributed by atoms with Crippen LogP contribution in [0.1, 0.15) is 16.8 Å². The molecular formula is C22H23F2N7O3S2. The smallest absolute Gasteiger partial charge is 0.410 e. The molecule has 1 atom stereocenters. The topological polar surface area (TPSA) is 113 Å². The van der Waals surface area contributed by atoms with Crippen molar-refractivity contribution in [1.29, 1.82) is 0 Å². The first-order valence-electron chi connectivity index (χ1n) is 11.3. The van der Waals surface area contributed by atoms with Gasteiger partial charge in [-0.2, -0.15) is 8.78 Å². The van der Waals surface area contributed by atoms with Crippen molar-refractivity contribution in [3.8, 4) is 0 Å². The molecule has 4 heterocycles. The number of carbonyl (C=O) groups excluding carboxylic acids is 2. The van der Waals surface area contributed by atoms with Crippen LogP contribution in [0.3, 0.4) is 0 Å². The van der Waals surface area contributed by atoms with Crippen LogP contribution in [0.15, 0.2) is 35.5 Å². The Kier molecular flexibility index (Phi) is 7.32. The zero-order chi connectivity index (χ0) is 25.1. The molecule has 1 unspecified atom stereocenters. The maximum atomic E-state index is 13.0. The lowest BCUT2D eigenvalue weighted by molar-refractivity contribution is 0.0617. The van der Waals surface area contributed by atoms with Crippen LogP contribution in [-0.4, -0.2) is 87.9 Å². The molecule has 0 aliphatic carbocycles. The summed E-state index contributed by atoms with van der Waals surface area (Å²) in [6.45, 7) is 3.01. The molecule has 1 aromatic carbocycles. The second kappa shape index (κ2) is 10.8. The average molecular weight is 536 g/mol.